The number of hydrogen-bond acceptors (Lipinski definition) is 5. The van der Waals surface area contributed by atoms with Crippen LogP contribution >= 0.6 is 0 Å². The zero-order valence-electron chi connectivity index (χ0n) is 7.90. The molecule has 7 heteroatoms. The molecule has 0 amide bonds. The Labute approximate surface area is 91.3 Å². The molecule has 0 saturated carbocycles. The molecule has 84 valence electrons. The van der Waals surface area contributed by atoms with Crippen LogP contribution in [0, 0.1) is 0 Å². The molecule has 0 fully saturated rings. The Kier molecular flexibility index (Phi) is 2.73. The van der Waals surface area contributed by atoms with E-state index in [2.05, 4.69) is 14.2 Å². The van der Waals surface area contributed by atoms with E-state index in [1.165, 1.54) is 6.07 Å². The predicted molar refractivity (Wildman–Crippen MR) is 55.0 cm³/mol. The van der Waals surface area contributed by atoms with Crippen molar-refractivity contribution in [2.45, 2.75) is 0 Å². The first-order valence-corrected chi connectivity index (χ1v) is 5.60. The largest absolute Gasteiger partial charge is 0.432 e. The number of pyridine rings is 1. The molecule has 2 rings (SSSR count). The molecule has 0 unspecified atom stereocenters. The first kappa shape index (κ1) is 10.8. The predicted octanol–water partition coefficient (Wildman–Crippen LogP) is 1.35. The number of hydrogen-bond donors (Lipinski definition) is 1. The van der Waals surface area contributed by atoms with E-state index in [1.54, 1.807) is 18.2 Å². The van der Waals surface area contributed by atoms with Crippen molar-refractivity contribution in [3.63, 3.8) is 0 Å². The molecule has 0 aliphatic carbocycles. The normalized spacial score (nSPS) is 11.6. The molecule has 0 aliphatic heterocycles. The number of aromatic nitrogens is 1. The zero-order chi connectivity index (χ0) is 11.6. The van der Waals surface area contributed by atoms with Crippen molar-refractivity contribution in [2.24, 2.45) is 0 Å². The molecule has 0 saturated heterocycles. The quantitative estimate of drug-likeness (QED) is 0.496. The second-order valence-corrected chi connectivity index (χ2v) is 3.91. The summed E-state index contributed by atoms with van der Waals surface area (Å²) in [5, 5.41) is 0.877. The van der Waals surface area contributed by atoms with Gasteiger partial charge in [0.25, 0.3) is 5.88 Å². The summed E-state index contributed by atoms with van der Waals surface area (Å²) in [7, 11) is -4.64. The smallest absolute Gasteiger partial charge is 0.298 e. The fourth-order valence-corrected chi connectivity index (χ4v) is 1.33. The van der Waals surface area contributed by atoms with E-state index >= 15 is 0 Å². The van der Waals surface area contributed by atoms with Crippen molar-refractivity contribution >= 4 is 21.3 Å². The Morgan fingerprint density at radius 3 is 2.62 bits per heavy atom. The van der Waals surface area contributed by atoms with Crippen LogP contribution in [0.2, 0.25) is 0 Å². The molecule has 0 bridgehead atoms. The van der Waals surface area contributed by atoms with Crippen LogP contribution in [0.4, 0.5) is 0 Å². The number of para-hydroxylation sites is 1. The summed E-state index contributed by atoms with van der Waals surface area (Å²) in [5.41, 5.74) is 0.624. The molecule has 1 N–H and O–H groups in total. The highest BCUT2D eigenvalue weighted by Gasteiger charge is 2.08. The molecular weight excluding hydrogens is 234 g/mol. The summed E-state index contributed by atoms with van der Waals surface area (Å²) in [6, 6.07) is 10.3. The Hall–Kier alpha value is -1.70. The van der Waals surface area contributed by atoms with Gasteiger partial charge in [-0.2, -0.15) is 8.42 Å². The second-order valence-electron chi connectivity index (χ2n) is 2.92. The van der Waals surface area contributed by atoms with Crippen LogP contribution in [-0.2, 0) is 14.7 Å². The van der Waals surface area contributed by atoms with Gasteiger partial charge in [0.1, 0.15) is 0 Å². The van der Waals surface area contributed by atoms with E-state index in [0.717, 1.165) is 5.39 Å². The molecule has 1 aromatic heterocycles. The molecule has 1 heterocycles. The van der Waals surface area contributed by atoms with Crippen molar-refractivity contribution in [2.75, 3.05) is 0 Å². The number of rotatable bonds is 3. The third-order valence-corrected chi connectivity index (χ3v) is 2.02. The van der Waals surface area contributed by atoms with E-state index in [-0.39, 0.29) is 5.88 Å². The highest BCUT2D eigenvalue weighted by atomic mass is 32.3. The Balaban J connectivity index is 2.26. The molecule has 0 atom stereocenters. The van der Waals surface area contributed by atoms with Crippen LogP contribution in [0.3, 0.4) is 0 Å². The van der Waals surface area contributed by atoms with Gasteiger partial charge >= 0.3 is 10.4 Å². The van der Waals surface area contributed by atoms with Gasteiger partial charge in [0, 0.05) is 11.5 Å². The molecule has 2 aromatic rings. The number of fused-ring (bicyclic) bond motifs is 1. The molecule has 0 spiro atoms. The van der Waals surface area contributed by atoms with Gasteiger partial charge in [-0.15, -0.1) is 0 Å². The lowest BCUT2D eigenvalue weighted by molar-refractivity contribution is -0.106. The maximum Gasteiger partial charge on any atom is 0.432 e. The lowest BCUT2D eigenvalue weighted by Gasteiger charge is -2.01. The lowest BCUT2D eigenvalue weighted by atomic mass is 10.2. The average molecular weight is 241 g/mol. The first-order valence-electron chi connectivity index (χ1n) is 4.24. The first-order chi connectivity index (χ1) is 7.54. The van der Waals surface area contributed by atoms with Gasteiger partial charge < -0.3 is 0 Å². The molecule has 0 radical (unpaired) electrons. The molecular formula is C9H7NO5S. The average Bonchev–Trinajstić information content (AvgIpc) is 2.25. The summed E-state index contributed by atoms with van der Waals surface area (Å²) < 4.78 is 32.5. The van der Waals surface area contributed by atoms with E-state index in [4.69, 9.17) is 4.55 Å². The van der Waals surface area contributed by atoms with Gasteiger partial charge in [-0.3, -0.25) is 9.44 Å². The van der Waals surface area contributed by atoms with Crippen molar-refractivity contribution in [1.82, 2.24) is 4.98 Å². The highest BCUT2D eigenvalue weighted by Crippen LogP contribution is 2.16. The van der Waals surface area contributed by atoms with Gasteiger partial charge in [-0.05, 0) is 16.5 Å². The molecule has 0 aliphatic rings. The minimum Gasteiger partial charge on any atom is -0.298 e. The molecule has 16 heavy (non-hydrogen) atoms. The zero-order valence-corrected chi connectivity index (χ0v) is 8.72. The maximum absolute atomic E-state index is 10.2. The standard InChI is InChI=1S/C9H7NO5S/c11-16(12,13)15-14-9-6-5-7-3-1-2-4-8(7)10-9/h1-6H,(H,11,12,13). The van der Waals surface area contributed by atoms with Crippen LogP contribution in [0.15, 0.2) is 36.4 Å². The minimum atomic E-state index is -4.64. The van der Waals surface area contributed by atoms with Crippen LogP contribution < -0.4 is 4.89 Å². The second kappa shape index (κ2) is 4.05. The van der Waals surface area contributed by atoms with E-state index < -0.39 is 10.4 Å². The fraction of sp³-hybridized carbons (Fsp3) is 0. The van der Waals surface area contributed by atoms with E-state index in [1.807, 2.05) is 12.1 Å². The van der Waals surface area contributed by atoms with Crippen LogP contribution in [-0.4, -0.2) is 18.0 Å². The maximum atomic E-state index is 10.2. The lowest BCUT2D eigenvalue weighted by Crippen LogP contribution is -2.07. The summed E-state index contributed by atoms with van der Waals surface area (Å²) >= 11 is 0. The third kappa shape index (κ3) is 2.66. The monoisotopic (exact) mass is 241 g/mol. The SMILES string of the molecule is O=S(=O)(O)OOc1ccc2ccccc2n1. The van der Waals surface area contributed by atoms with E-state index in [9.17, 15) is 8.42 Å². The summed E-state index contributed by atoms with van der Waals surface area (Å²) in [5.74, 6) is -0.0590. The number of benzene rings is 1. The summed E-state index contributed by atoms with van der Waals surface area (Å²) in [6.45, 7) is 0. The molecule has 6 nitrogen and oxygen atoms in total. The van der Waals surface area contributed by atoms with Crippen LogP contribution in [0.5, 0.6) is 5.88 Å². The fourth-order valence-electron chi connectivity index (χ4n) is 1.17. The highest BCUT2D eigenvalue weighted by molar-refractivity contribution is 7.80. The van der Waals surface area contributed by atoms with Crippen molar-refractivity contribution in [3.8, 4) is 5.88 Å². The third-order valence-electron chi connectivity index (χ3n) is 1.78. The van der Waals surface area contributed by atoms with E-state index in [0.29, 0.717) is 5.52 Å². The van der Waals surface area contributed by atoms with Crippen LogP contribution in [0.1, 0.15) is 0 Å². The van der Waals surface area contributed by atoms with Gasteiger partial charge in [-0.1, -0.05) is 18.2 Å². The van der Waals surface area contributed by atoms with Gasteiger partial charge in [-0.25, -0.2) is 4.98 Å². The van der Waals surface area contributed by atoms with Crippen LogP contribution in [0.25, 0.3) is 10.9 Å². The van der Waals surface area contributed by atoms with Gasteiger partial charge in [0.15, 0.2) is 0 Å². The Bertz CT molecular complexity index is 610. The summed E-state index contributed by atoms with van der Waals surface area (Å²) in [4.78, 5) is 8.28. The van der Waals surface area contributed by atoms with Gasteiger partial charge in [0.05, 0.1) is 5.52 Å². The topological polar surface area (TPSA) is 85.7 Å². The Morgan fingerprint density at radius 2 is 1.88 bits per heavy atom. The van der Waals surface area contributed by atoms with Crippen molar-refractivity contribution in [1.29, 1.82) is 0 Å². The Morgan fingerprint density at radius 1 is 1.12 bits per heavy atom. The van der Waals surface area contributed by atoms with Gasteiger partial charge in [0.2, 0.25) is 0 Å². The minimum absolute atomic E-state index is 0.0590. The van der Waals surface area contributed by atoms with Crippen molar-refractivity contribution < 1.29 is 22.2 Å². The summed E-state index contributed by atoms with van der Waals surface area (Å²) in [6.07, 6.45) is 0. The molecule has 1 aromatic carbocycles. The van der Waals surface area contributed by atoms with Crippen molar-refractivity contribution in [3.05, 3.63) is 36.4 Å². The number of nitrogens with zero attached hydrogens (tertiary/aromatic N) is 1.